The predicted molar refractivity (Wildman–Crippen MR) is 74.5 cm³/mol. The van der Waals surface area contributed by atoms with Crippen molar-refractivity contribution in [3.8, 4) is 0 Å². The molecule has 0 saturated carbocycles. The molecule has 2 rings (SSSR count). The van der Waals surface area contributed by atoms with Crippen molar-refractivity contribution in [2.24, 2.45) is 5.92 Å². The van der Waals surface area contributed by atoms with Crippen LogP contribution in [-0.2, 0) is 9.84 Å². The summed E-state index contributed by atoms with van der Waals surface area (Å²) in [5.41, 5.74) is 1.25. The van der Waals surface area contributed by atoms with E-state index in [9.17, 15) is 8.42 Å². The van der Waals surface area contributed by atoms with Gasteiger partial charge in [-0.3, -0.25) is 0 Å². The molecule has 0 radical (unpaired) electrons. The fourth-order valence-corrected chi connectivity index (χ4v) is 4.58. The van der Waals surface area contributed by atoms with Crippen LogP contribution in [0.5, 0.6) is 0 Å². The molecule has 1 saturated heterocycles. The highest BCUT2D eigenvalue weighted by atomic mass is 32.2. The zero-order valence-corrected chi connectivity index (χ0v) is 11.6. The Hall–Kier alpha value is -0.870. The highest BCUT2D eigenvalue weighted by Gasteiger charge is 2.33. The standard InChI is InChI=1S/C14H21NO2S/c1-2-15-10-14(12-6-4-3-5-7-12)13-8-9-18(16,17)11-13/h3-7,13-15H,2,8-11H2,1H3. The van der Waals surface area contributed by atoms with Gasteiger partial charge in [0, 0.05) is 12.5 Å². The Labute approximate surface area is 110 Å². The van der Waals surface area contributed by atoms with Crippen LogP contribution in [0.1, 0.15) is 24.8 Å². The van der Waals surface area contributed by atoms with Crippen LogP contribution in [-0.4, -0.2) is 33.0 Å². The molecule has 0 spiro atoms. The van der Waals surface area contributed by atoms with Gasteiger partial charge in [-0.15, -0.1) is 0 Å². The Kier molecular flexibility index (Phi) is 4.40. The minimum atomic E-state index is -2.80. The van der Waals surface area contributed by atoms with E-state index >= 15 is 0 Å². The molecule has 1 aromatic rings. The van der Waals surface area contributed by atoms with Gasteiger partial charge in [0.2, 0.25) is 0 Å². The summed E-state index contributed by atoms with van der Waals surface area (Å²) in [6, 6.07) is 10.3. The Morgan fingerprint density at radius 1 is 1.33 bits per heavy atom. The highest BCUT2D eigenvalue weighted by molar-refractivity contribution is 7.91. The topological polar surface area (TPSA) is 46.2 Å². The molecule has 2 atom stereocenters. The summed E-state index contributed by atoms with van der Waals surface area (Å²) in [6.45, 7) is 3.86. The molecule has 0 amide bonds. The van der Waals surface area contributed by atoms with Crippen LogP contribution in [0.25, 0.3) is 0 Å². The maximum Gasteiger partial charge on any atom is 0.150 e. The third-order valence-electron chi connectivity index (χ3n) is 3.68. The number of rotatable bonds is 5. The van der Waals surface area contributed by atoms with E-state index in [2.05, 4.69) is 24.4 Å². The number of nitrogens with one attached hydrogen (secondary N) is 1. The lowest BCUT2D eigenvalue weighted by Gasteiger charge is -2.23. The summed E-state index contributed by atoms with van der Waals surface area (Å²) in [5.74, 6) is 1.27. The first-order chi connectivity index (χ1) is 8.62. The summed E-state index contributed by atoms with van der Waals surface area (Å²) in [4.78, 5) is 0. The molecule has 18 heavy (non-hydrogen) atoms. The molecule has 3 nitrogen and oxygen atoms in total. The van der Waals surface area contributed by atoms with E-state index < -0.39 is 9.84 Å². The van der Waals surface area contributed by atoms with Crippen molar-refractivity contribution >= 4 is 9.84 Å². The second kappa shape index (κ2) is 5.85. The van der Waals surface area contributed by atoms with Crippen molar-refractivity contribution in [2.75, 3.05) is 24.6 Å². The molecule has 1 aliphatic heterocycles. The van der Waals surface area contributed by atoms with Crippen molar-refractivity contribution in [1.29, 1.82) is 0 Å². The number of benzene rings is 1. The lowest BCUT2D eigenvalue weighted by molar-refractivity contribution is 0.443. The maximum atomic E-state index is 11.6. The summed E-state index contributed by atoms with van der Waals surface area (Å²) in [5, 5.41) is 3.36. The lowest BCUT2D eigenvalue weighted by Crippen LogP contribution is -2.27. The molecular formula is C14H21NO2S. The molecule has 100 valence electrons. The van der Waals surface area contributed by atoms with E-state index in [1.54, 1.807) is 0 Å². The van der Waals surface area contributed by atoms with Gasteiger partial charge in [-0.1, -0.05) is 37.3 Å². The zero-order valence-electron chi connectivity index (χ0n) is 10.8. The Balaban J connectivity index is 2.16. The van der Waals surface area contributed by atoms with Crippen molar-refractivity contribution in [2.45, 2.75) is 19.3 Å². The third-order valence-corrected chi connectivity index (χ3v) is 5.47. The summed E-state index contributed by atoms with van der Waals surface area (Å²) in [7, 11) is -2.80. The fourth-order valence-electron chi connectivity index (χ4n) is 2.70. The van der Waals surface area contributed by atoms with Crippen LogP contribution >= 0.6 is 0 Å². The van der Waals surface area contributed by atoms with Crippen LogP contribution in [0.3, 0.4) is 0 Å². The lowest BCUT2D eigenvalue weighted by atomic mass is 9.85. The summed E-state index contributed by atoms with van der Waals surface area (Å²) >= 11 is 0. The molecule has 0 aromatic heterocycles. The summed E-state index contributed by atoms with van der Waals surface area (Å²) in [6.07, 6.45) is 0.799. The molecule has 1 fully saturated rings. The number of likely N-dealkylation sites (N-methyl/N-ethyl adjacent to an activating group) is 1. The average molecular weight is 267 g/mol. The van der Waals surface area contributed by atoms with Crippen LogP contribution in [0.15, 0.2) is 30.3 Å². The largest absolute Gasteiger partial charge is 0.316 e. The van der Waals surface area contributed by atoms with Gasteiger partial charge >= 0.3 is 0 Å². The van der Waals surface area contributed by atoms with Gasteiger partial charge in [-0.25, -0.2) is 8.42 Å². The monoisotopic (exact) mass is 267 g/mol. The van der Waals surface area contributed by atoms with Gasteiger partial charge in [0.1, 0.15) is 0 Å². The zero-order chi connectivity index (χ0) is 13.0. The fraction of sp³-hybridized carbons (Fsp3) is 0.571. The smallest absolute Gasteiger partial charge is 0.150 e. The van der Waals surface area contributed by atoms with E-state index in [1.807, 2.05) is 18.2 Å². The van der Waals surface area contributed by atoms with Crippen LogP contribution < -0.4 is 5.32 Å². The van der Waals surface area contributed by atoms with E-state index in [1.165, 1.54) is 5.56 Å². The second-order valence-corrected chi connectivity index (χ2v) is 7.22. The average Bonchev–Trinajstić information content (AvgIpc) is 2.72. The predicted octanol–water partition coefficient (Wildman–Crippen LogP) is 1.81. The quantitative estimate of drug-likeness (QED) is 0.885. The van der Waals surface area contributed by atoms with Gasteiger partial charge in [-0.05, 0) is 24.4 Å². The van der Waals surface area contributed by atoms with Gasteiger partial charge in [0.25, 0.3) is 0 Å². The van der Waals surface area contributed by atoms with Crippen LogP contribution in [0, 0.1) is 5.92 Å². The molecule has 1 heterocycles. The first kappa shape index (κ1) is 13.6. The van der Waals surface area contributed by atoms with E-state index in [0.29, 0.717) is 17.4 Å². The Bertz CT molecular complexity index is 470. The third kappa shape index (κ3) is 3.33. The van der Waals surface area contributed by atoms with Gasteiger partial charge in [-0.2, -0.15) is 0 Å². The van der Waals surface area contributed by atoms with Crippen molar-refractivity contribution in [1.82, 2.24) is 5.32 Å². The maximum absolute atomic E-state index is 11.6. The van der Waals surface area contributed by atoms with Crippen molar-refractivity contribution in [3.63, 3.8) is 0 Å². The summed E-state index contributed by atoms with van der Waals surface area (Å²) < 4.78 is 23.3. The molecule has 0 bridgehead atoms. The van der Waals surface area contributed by atoms with E-state index in [4.69, 9.17) is 0 Å². The van der Waals surface area contributed by atoms with Crippen molar-refractivity contribution in [3.05, 3.63) is 35.9 Å². The number of hydrogen-bond donors (Lipinski definition) is 1. The number of sulfone groups is 1. The first-order valence-electron chi connectivity index (χ1n) is 6.58. The molecular weight excluding hydrogens is 246 g/mol. The molecule has 4 heteroatoms. The minimum Gasteiger partial charge on any atom is -0.316 e. The van der Waals surface area contributed by atoms with Gasteiger partial charge < -0.3 is 5.32 Å². The molecule has 2 unspecified atom stereocenters. The van der Waals surface area contributed by atoms with Gasteiger partial charge in [0.05, 0.1) is 11.5 Å². The normalized spacial score (nSPS) is 23.9. The molecule has 0 aliphatic carbocycles. The first-order valence-corrected chi connectivity index (χ1v) is 8.40. The van der Waals surface area contributed by atoms with E-state index in [-0.39, 0.29) is 5.92 Å². The Morgan fingerprint density at radius 2 is 2.06 bits per heavy atom. The van der Waals surface area contributed by atoms with Crippen LogP contribution in [0.2, 0.25) is 0 Å². The minimum absolute atomic E-state index is 0.261. The van der Waals surface area contributed by atoms with Gasteiger partial charge in [0.15, 0.2) is 9.84 Å². The Morgan fingerprint density at radius 3 is 2.61 bits per heavy atom. The molecule has 1 N–H and O–H groups in total. The van der Waals surface area contributed by atoms with Crippen LogP contribution in [0.4, 0.5) is 0 Å². The van der Waals surface area contributed by atoms with E-state index in [0.717, 1.165) is 19.5 Å². The highest BCUT2D eigenvalue weighted by Crippen LogP contribution is 2.32. The molecule has 1 aliphatic rings. The second-order valence-electron chi connectivity index (χ2n) is 4.99. The number of hydrogen-bond acceptors (Lipinski definition) is 3. The van der Waals surface area contributed by atoms with Crippen molar-refractivity contribution < 1.29 is 8.42 Å². The SMILES string of the molecule is CCNCC(c1ccccc1)C1CCS(=O)(=O)C1. The molecule has 1 aromatic carbocycles.